The lowest BCUT2D eigenvalue weighted by Gasteiger charge is -2.06. The van der Waals surface area contributed by atoms with Gasteiger partial charge >= 0.3 is 5.69 Å². The molecule has 1 aromatic heterocycles. The first-order chi connectivity index (χ1) is 10.1. The number of anilines is 1. The van der Waals surface area contributed by atoms with E-state index in [0.717, 1.165) is 5.56 Å². The fourth-order valence-corrected chi connectivity index (χ4v) is 1.55. The van der Waals surface area contributed by atoms with E-state index >= 15 is 0 Å². The molecule has 0 amide bonds. The van der Waals surface area contributed by atoms with Gasteiger partial charge in [0.15, 0.2) is 17.3 Å². The summed E-state index contributed by atoms with van der Waals surface area (Å²) in [7, 11) is 0. The number of hydrazone groups is 1. The number of aryl methyl sites for hydroxylation is 1. The van der Waals surface area contributed by atoms with Crippen LogP contribution in [0.25, 0.3) is 0 Å². The van der Waals surface area contributed by atoms with Crippen LogP contribution in [0.15, 0.2) is 28.1 Å². The lowest BCUT2D eigenvalue weighted by atomic mass is 10.2. The monoisotopic (exact) mass is 289 g/mol. The van der Waals surface area contributed by atoms with Crippen molar-refractivity contribution in [3.63, 3.8) is 0 Å². The van der Waals surface area contributed by atoms with E-state index < -0.39 is 5.69 Å². The second kappa shape index (κ2) is 6.51. The van der Waals surface area contributed by atoms with Crippen molar-refractivity contribution >= 4 is 12.0 Å². The summed E-state index contributed by atoms with van der Waals surface area (Å²) < 4.78 is 5.28. The largest absolute Gasteiger partial charge is 0.504 e. The maximum Gasteiger partial charge on any atom is 0.363 e. The number of aromatic nitrogens is 3. The number of phenols is 1. The van der Waals surface area contributed by atoms with Gasteiger partial charge in [-0.05, 0) is 37.6 Å². The van der Waals surface area contributed by atoms with E-state index in [1.54, 1.807) is 19.1 Å². The highest BCUT2D eigenvalue weighted by Crippen LogP contribution is 2.26. The van der Waals surface area contributed by atoms with Crippen molar-refractivity contribution in [3.8, 4) is 11.5 Å². The molecule has 2 rings (SSSR count). The molecular formula is C13H15N5O3. The van der Waals surface area contributed by atoms with E-state index in [-0.39, 0.29) is 11.6 Å². The van der Waals surface area contributed by atoms with Gasteiger partial charge in [-0.1, -0.05) is 0 Å². The Bertz CT molecular complexity index is 711. The third-order valence-electron chi connectivity index (χ3n) is 2.54. The van der Waals surface area contributed by atoms with Gasteiger partial charge in [0, 0.05) is 0 Å². The van der Waals surface area contributed by atoms with Gasteiger partial charge in [-0.2, -0.15) is 15.2 Å². The van der Waals surface area contributed by atoms with Crippen LogP contribution in [-0.2, 0) is 0 Å². The highest BCUT2D eigenvalue weighted by atomic mass is 16.5. The number of nitrogens with one attached hydrogen (secondary N) is 2. The molecule has 2 aromatic rings. The molecular weight excluding hydrogens is 274 g/mol. The topological polar surface area (TPSA) is 112 Å². The number of H-pyrrole nitrogens is 1. The number of aromatic amines is 1. The van der Waals surface area contributed by atoms with Crippen molar-refractivity contribution in [3.05, 3.63) is 39.9 Å². The third-order valence-corrected chi connectivity index (χ3v) is 2.54. The van der Waals surface area contributed by atoms with Gasteiger partial charge < -0.3 is 9.84 Å². The Morgan fingerprint density at radius 1 is 1.52 bits per heavy atom. The van der Waals surface area contributed by atoms with E-state index in [4.69, 9.17) is 4.74 Å². The van der Waals surface area contributed by atoms with Crippen LogP contribution in [0.1, 0.15) is 18.2 Å². The molecule has 0 fully saturated rings. The van der Waals surface area contributed by atoms with Crippen LogP contribution in [0.3, 0.4) is 0 Å². The fourth-order valence-electron chi connectivity index (χ4n) is 1.55. The first kappa shape index (κ1) is 14.5. The molecule has 0 saturated carbocycles. The smallest absolute Gasteiger partial charge is 0.363 e. The van der Waals surface area contributed by atoms with Crippen LogP contribution in [0, 0.1) is 6.92 Å². The Balaban J connectivity index is 2.12. The molecule has 0 atom stereocenters. The molecule has 1 aromatic carbocycles. The van der Waals surface area contributed by atoms with Crippen LogP contribution in [0.5, 0.6) is 11.5 Å². The molecule has 1 heterocycles. The summed E-state index contributed by atoms with van der Waals surface area (Å²) in [4.78, 5) is 14.8. The van der Waals surface area contributed by atoms with Gasteiger partial charge in [0.25, 0.3) is 0 Å². The quantitative estimate of drug-likeness (QED) is 0.559. The maximum absolute atomic E-state index is 11.1. The summed E-state index contributed by atoms with van der Waals surface area (Å²) in [6.07, 6.45) is 1.52. The molecule has 8 heteroatoms. The van der Waals surface area contributed by atoms with Crippen LogP contribution < -0.4 is 15.9 Å². The normalized spacial score (nSPS) is 10.8. The minimum Gasteiger partial charge on any atom is -0.504 e. The highest BCUT2D eigenvalue weighted by Gasteiger charge is 2.03. The molecule has 0 bridgehead atoms. The number of aromatic hydroxyl groups is 1. The molecule has 110 valence electrons. The van der Waals surface area contributed by atoms with Crippen LogP contribution in [0.4, 0.5) is 5.82 Å². The van der Waals surface area contributed by atoms with Crippen LogP contribution in [-0.4, -0.2) is 33.1 Å². The summed E-state index contributed by atoms with van der Waals surface area (Å²) >= 11 is 0. The maximum atomic E-state index is 11.1. The summed E-state index contributed by atoms with van der Waals surface area (Å²) in [5, 5.41) is 19.6. The van der Waals surface area contributed by atoms with E-state index in [2.05, 4.69) is 25.7 Å². The van der Waals surface area contributed by atoms with Gasteiger partial charge in [-0.3, -0.25) is 5.43 Å². The van der Waals surface area contributed by atoms with Gasteiger partial charge in [-0.15, -0.1) is 0 Å². The van der Waals surface area contributed by atoms with Gasteiger partial charge in [-0.25, -0.2) is 9.89 Å². The van der Waals surface area contributed by atoms with Crippen LogP contribution >= 0.6 is 0 Å². The second-order valence-electron chi connectivity index (χ2n) is 4.10. The van der Waals surface area contributed by atoms with Crippen LogP contribution in [0.2, 0.25) is 0 Å². The number of rotatable bonds is 5. The number of hydrogen-bond donors (Lipinski definition) is 3. The number of nitrogens with zero attached hydrogens (tertiary/aromatic N) is 3. The van der Waals surface area contributed by atoms with E-state index in [9.17, 15) is 9.90 Å². The molecule has 0 saturated heterocycles. The number of phenolic OH excluding ortho intramolecular Hbond substituents is 1. The summed E-state index contributed by atoms with van der Waals surface area (Å²) in [6.45, 7) is 3.97. The van der Waals surface area contributed by atoms with Crippen molar-refractivity contribution in [2.24, 2.45) is 5.10 Å². The highest BCUT2D eigenvalue weighted by molar-refractivity contribution is 5.81. The second-order valence-corrected chi connectivity index (χ2v) is 4.10. The number of benzene rings is 1. The van der Waals surface area contributed by atoms with Crippen molar-refractivity contribution in [2.75, 3.05) is 12.0 Å². The van der Waals surface area contributed by atoms with Crippen molar-refractivity contribution in [2.45, 2.75) is 13.8 Å². The molecule has 0 unspecified atom stereocenters. The molecule has 0 aliphatic rings. The Kier molecular flexibility index (Phi) is 4.50. The minimum atomic E-state index is -0.554. The lowest BCUT2D eigenvalue weighted by Crippen LogP contribution is -2.15. The van der Waals surface area contributed by atoms with Gasteiger partial charge in [0.2, 0.25) is 0 Å². The first-order valence-corrected chi connectivity index (χ1v) is 6.28. The van der Waals surface area contributed by atoms with Gasteiger partial charge in [0.1, 0.15) is 5.69 Å². The Morgan fingerprint density at radius 3 is 3.10 bits per heavy atom. The SMILES string of the molecule is CCOc1cc(/C=N/Nc2nc(=O)[nH]nc2C)ccc1O. The fraction of sp³-hybridized carbons (Fsp3) is 0.231. The number of hydrogen-bond acceptors (Lipinski definition) is 7. The Labute approximate surface area is 120 Å². The standard InChI is InChI=1S/C13H15N5O3/c1-3-21-11-6-9(4-5-10(11)19)7-14-17-12-8(2)16-18-13(20)15-12/h4-7,19H,3H2,1-2H3,(H2,15,17,18,20)/b14-7+. The molecule has 0 radical (unpaired) electrons. The lowest BCUT2D eigenvalue weighted by molar-refractivity contribution is 0.318. The van der Waals surface area contributed by atoms with E-state index in [1.165, 1.54) is 12.3 Å². The zero-order chi connectivity index (χ0) is 15.2. The van der Waals surface area contributed by atoms with Crippen molar-refractivity contribution in [1.82, 2.24) is 15.2 Å². The van der Waals surface area contributed by atoms with E-state index in [0.29, 0.717) is 18.1 Å². The average molecular weight is 289 g/mol. The molecule has 0 aliphatic carbocycles. The summed E-state index contributed by atoms with van der Waals surface area (Å²) in [5.41, 5.74) is 3.33. The molecule has 21 heavy (non-hydrogen) atoms. The van der Waals surface area contributed by atoms with Gasteiger partial charge in [0.05, 0.1) is 12.8 Å². The summed E-state index contributed by atoms with van der Waals surface area (Å²) in [6, 6.07) is 4.85. The zero-order valence-corrected chi connectivity index (χ0v) is 11.6. The molecule has 3 N–H and O–H groups in total. The number of ether oxygens (including phenoxy) is 1. The third kappa shape index (κ3) is 3.78. The Hall–Kier alpha value is -2.90. The van der Waals surface area contributed by atoms with Crippen molar-refractivity contribution < 1.29 is 9.84 Å². The first-order valence-electron chi connectivity index (χ1n) is 6.28. The average Bonchev–Trinajstić information content (AvgIpc) is 2.46. The summed E-state index contributed by atoms with van der Waals surface area (Å²) in [5.74, 6) is 0.727. The Morgan fingerprint density at radius 2 is 2.33 bits per heavy atom. The zero-order valence-electron chi connectivity index (χ0n) is 11.6. The molecule has 0 spiro atoms. The molecule has 8 nitrogen and oxygen atoms in total. The minimum absolute atomic E-state index is 0.0678. The van der Waals surface area contributed by atoms with Crippen molar-refractivity contribution in [1.29, 1.82) is 0 Å². The predicted octanol–water partition coefficient (Wildman–Crippen LogP) is 1.02. The molecule has 0 aliphatic heterocycles. The predicted molar refractivity (Wildman–Crippen MR) is 77.9 cm³/mol. The van der Waals surface area contributed by atoms with E-state index in [1.807, 2.05) is 6.92 Å².